The van der Waals surface area contributed by atoms with E-state index in [1.54, 1.807) is 0 Å². The van der Waals surface area contributed by atoms with Gasteiger partial charge in [0.25, 0.3) is 5.91 Å². The standard InChI is InChI=1S/C14H22N2O2/c1-14(2,10-15-3)11-16-13(17)9-18-12-7-5-4-6-8-12/h4-8,15H,9-11H2,1-3H3,(H,16,17). The molecule has 100 valence electrons. The summed E-state index contributed by atoms with van der Waals surface area (Å²) >= 11 is 0. The van der Waals surface area contributed by atoms with E-state index >= 15 is 0 Å². The van der Waals surface area contributed by atoms with Crippen molar-refractivity contribution in [2.24, 2.45) is 5.41 Å². The maximum atomic E-state index is 11.6. The fourth-order valence-corrected chi connectivity index (χ4v) is 1.60. The van der Waals surface area contributed by atoms with Crippen LogP contribution >= 0.6 is 0 Å². The molecule has 0 spiro atoms. The van der Waals surface area contributed by atoms with Gasteiger partial charge in [0.2, 0.25) is 0 Å². The van der Waals surface area contributed by atoms with Crippen LogP contribution in [0.15, 0.2) is 30.3 Å². The van der Waals surface area contributed by atoms with E-state index in [1.165, 1.54) is 0 Å². The van der Waals surface area contributed by atoms with Crippen molar-refractivity contribution in [2.75, 3.05) is 26.7 Å². The molecular weight excluding hydrogens is 228 g/mol. The van der Waals surface area contributed by atoms with Crippen molar-refractivity contribution in [3.63, 3.8) is 0 Å². The van der Waals surface area contributed by atoms with Gasteiger partial charge in [0.1, 0.15) is 5.75 Å². The number of hydrogen-bond donors (Lipinski definition) is 2. The second-order valence-electron chi connectivity index (χ2n) is 5.07. The maximum absolute atomic E-state index is 11.6. The third kappa shape index (κ3) is 5.68. The number of ether oxygens (including phenoxy) is 1. The van der Waals surface area contributed by atoms with Crippen LogP contribution in [-0.2, 0) is 4.79 Å². The van der Waals surface area contributed by atoms with Gasteiger partial charge in [-0.1, -0.05) is 32.0 Å². The number of carbonyl (C=O) groups is 1. The molecule has 4 heteroatoms. The molecule has 2 N–H and O–H groups in total. The summed E-state index contributed by atoms with van der Waals surface area (Å²) in [5.74, 6) is 0.616. The zero-order valence-corrected chi connectivity index (χ0v) is 11.3. The highest BCUT2D eigenvalue weighted by atomic mass is 16.5. The molecule has 0 aliphatic heterocycles. The Morgan fingerprint density at radius 1 is 1.22 bits per heavy atom. The SMILES string of the molecule is CNCC(C)(C)CNC(=O)COc1ccccc1. The van der Waals surface area contributed by atoms with Gasteiger partial charge in [0.15, 0.2) is 6.61 Å². The largest absolute Gasteiger partial charge is 0.484 e. The lowest BCUT2D eigenvalue weighted by molar-refractivity contribution is -0.123. The van der Waals surface area contributed by atoms with Gasteiger partial charge in [0, 0.05) is 13.1 Å². The topological polar surface area (TPSA) is 50.4 Å². The average molecular weight is 250 g/mol. The number of para-hydroxylation sites is 1. The Morgan fingerprint density at radius 3 is 2.50 bits per heavy atom. The highest BCUT2D eigenvalue weighted by molar-refractivity contribution is 5.77. The molecule has 0 unspecified atom stereocenters. The van der Waals surface area contributed by atoms with E-state index in [-0.39, 0.29) is 17.9 Å². The predicted octanol–water partition coefficient (Wildman–Crippen LogP) is 1.43. The molecule has 0 bridgehead atoms. The van der Waals surface area contributed by atoms with Crippen molar-refractivity contribution in [1.82, 2.24) is 10.6 Å². The lowest BCUT2D eigenvalue weighted by Gasteiger charge is -2.24. The van der Waals surface area contributed by atoms with Crippen molar-refractivity contribution in [3.8, 4) is 5.75 Å². The van der Waals surface area contributed by atoms with Gasteiger partial charge in [-0.15, -0.1) is 0 Å². The van der Waals surface area contributed by atoms with E-state index in [2.05, 4.69) is 24.5 Å². The highest BCUT2D eigenvalue weighted by Crippen LogP contribution is 2.11. The van der Waals surface area contributed by atoms with Crippen LogP contribution in [0.3, 0.4) is 0 Å². The van der Waals surface area contributed by atoms with E-state index in [0.29, 0.717) is 12.3 Å². The van der Waals surface area contributed by atoms with Crippen LogP contribution < -0.4 is 15.4 Å². The first-order chi connectivity index (χ1) is 8.53. The molecule has 1 aromatic rings. The molecule has 1 rings (SSSR count). The Bertz CT molecular complexity index is 363. The summed E-state index contributed by atoms with van der Waals surface area (Å²) in [5.41, 5.74) is 0.0388. The van der Waals surface area contributed by atoms with E-state index in [9.17, 15) is 4.79 Å². The summed E-state index contributed by atoms with van der Waals surface area (Å²) in [4.78, 5) is 11.6. The van der Waals surface area contributed by atoms with Crippen molar-refractivity contribution in [2.45, 2.75) is 13.8 Å². The van der Waals surface area contributed by atoms with Crippen LogP contribution in [0.1, 0.15) is 13.8 Å². The lowest BCUT2D eigenvalue weighted by Crippen LogP contribution is -2.41. The van der Waals surface area contributed by atoms with E-state index in [1.807, 2.05) is 37.4 Å². The minimum Gasteiger partial charge on any atom is -0.484 e. The number of nitrogens with one attached hydrogen (secondary N) is 2. The Balaban J connectivity index is 2.26. The first-order valence-corrected chi connectivity index (χ1v) is 6.13. The Labute approximate surface area is 109 Å². The summed E-state index contributed by atoms with van der Waals surface area (Å²) < 4.78 is 5.37. The fraction of sp³-hybridized carbons (Fsp3) is 0.500. The summed E-state index contributed by atoms with van der Waals surface area (Å²) in [6, 6.07) is 9.33. The molecule has 0 saturated carbocycles. The third-order valence-electron chi connectivity index (χ3n) is 2.53. The Hall–Kier alpha value is -1.55. The molecular formula is C14H22N2O2. The van der Waals surface area contributed by atoms with Gasteiger partial charge in [-0.25, -0.2) is 0 Å². The zero-order valence-electron chi connectivity index (χ0n) is 11.3. The van der Waals surface area contributed by atoms with Gasteiger partial charge >= 0.3 is 0 Å². The van der Waals surface area contributed by atoms with Crippen LogP contribution in [0.5, 0.6) is 5.75 Å². The molecule has 18 heavy (non-hydrogen) atoms. The molecule has 0 atom stereocenters. The van der Waals surface area contributed by atoms with Crippen molar-refractivity contribution < 1.29 is 9.53 Å². The number of hydrogen-bond acceptors (Lipinski definition) is 3. The molecule has 0 aliphatic rings. The molecule has 0 aromatic heterocycles. The van der Waals surface area contributed by atoms with Crippen molar-refractivity contribution in [1.29, 1.82) is 0 Å². The summed E-state index contributed by atoms with van der Waals surface area (Å²) in [6.07, 6.45) is 0. The molecule has 0 saturated heterocycles. The fourth-order valence-electron chi connectivity index (χ4n) is 1.60. The normalized spacial score (nSPS) is 11.1. The Morgan fingerprint density at radius 2 is 1.89 bits per heavy atom. The predicted molar refractivity (Wildman–Crippen MR) is 72.7 cm³/mol. The average Bonchev–Trinajstić information content (AvgIpc) is 2.35. The second kappa shape index (κ2) is 7.01. The van der Waals surface area contributed by atoms with Gasteiger partial charge in [-0.05, 0) is 24.6 Å². The monoisotopic (exact) mass is 250 g/mol. The van der Waals surface area contributed by atoms with Crippen LogP contribution in [0.2, 0.25) is 0 Å². The zero-order chi connectivity index (χ0) is 13.4. The lowest BCUT2D eigenvalue weighted by atomic mass is 9.93. The number of carbonyl (C=O) groups excluding carboxylic acids is 1. The van der Waals surface area contributed by atoms with Crippen molar-refractivity contribution in [3.05, 3.63) is 30.3 Å². The molecule has 0 heterocycles. The molecule has 0 radical (unpaired) electrons. The summed E-state index contributed by atoms with van der Waals surface area (Å²) in [7, 11) is 1.90. The third-order valence-corrected chi connectivity index (χ3v) is 2.53. The van der Waals surface area contributed by atoms with Gasteiger partial charge in [0.05, 0.1) is 0 Å². The molecule has 4 nitrogen and oxygen atoms in total. The number of benzene rings is 1. The molecule has 0 aliphatic carbocycles. The van der Waals surface area contributed by atoms with Gasteiger partial charge in [-0.2, -0.15) is 0 Å². The highest BCUT2D eigenvalue weighted by Gasteiger charge is 2.17. The minimum atomic E-state index is -0.0944. The minimum absolute atomic E-state index is 0.0388. The summed E-state index contributed by atoms with van der Waals surface area (Å²) in [6.45, 7) is 5.74. The van der Waals surface area contributed by atoms with Gasteiger partial charge < -0.3 is 15.4 Å². The smallest absolute Gasteiger partial charge is 0.257 e. The van der Waals surface area contributed by atoms with Crippen LogP contribution in [0, 0.1) is 5.41 Å². The van der Waals surface area contributed by atoms with Crippen LogP contribution in [0.25, 0.3) is 0 Å². The molecule has 1 amide bonds. The van der Waals surface area contributed by atoms with E-state index < -0.39 is 0 Å². The van der Waals surface area contributed by atoms with E-state index in [0.717, 1.165) is 6.54 Å². The number of rotatable bonds is 7. The van der Waals surface area contributed by atoms with E-state index in [4.69, 9.17) is 4.74 Å². The van der Waals surface area contributed by atoms with Gasteiger partial charge in [-0.3, -0.25) is 4.79 Å². The quantitative estimate of drug-likeness (QED) is 0.769. The van der Waals surface area contributed by atoms with Crippen molar-refractivity contribution >= 4 is 5.91 Å². The Kier molecular flexibility index (Phi) is 5.65. The number of amides is 1. The summed E-state index contributed by atoms with van der Waals surface area (Å²) in [5, 5.41) is 5.98. The first-order valence-electron chi connectivity index (χ1n) is 6.13. The van der Waals surface area contributed by atoms with Crippen LogP contribution in [0.4, 0.5) is 0 Å². The second-order valence-corrected chi connectivity index (χ2v) is 5.07. The maximum Gasteiger partial charge on any atom is 0.257 e. The van der Waals surface area contributed by atoms with Crippen LogP contribution in [-0.4, -0.2) is 32.7 Å². The molecule has 1 aromatic carbocycles. The first kappa shape index (κ1) is 14.5. The molecule has 0 fully saturated rings.